The number of nitrogens with zero attached hydrogens (tertiary/aromatic N) is 2. The molecule has 2 heterocycles. The maximum atomic E-state index is 11.3. The molecule has 0 aliphatic heterocycles. The van der Waals surface area contributed by atoms with E-state index in [9.17, 15) is 15.0 Å². The van der Waals surface area contributed by atoms with Crippen molar-refractivity contribution in [1.82, 2.24) is 9.38 Å². The van der Waals surface area contributed by atoms with Gasteiger partial charge in [0.2, 0.25) is 0 Å². The lowest BCUT2D eigenvalue weighted by molar-refractivity contribution is 0.0693. The number of aromatic nitrogens is 2. The van der Waals surface area contributed by atoms with Crippen LogP contribution in [0.15, 0.2) is 42.5 Å². The summed E-state index contributed by atoms with van der Waals surface area (Å²) < 4.78 is 6.67. The lowest BCUT2D eigenvalue weighted by atomic mass is 10.2. The summed E-state index contributed by atoms with van der Waals surface area (Å²) in [6.07, 6.45) is 0. The Labute approximate surface area is 119 Å². The second-order valence-electron chi connectivity index (χ2n) is 4.39. The van der Waals surface area contributed by atoms with Crippen molar-refractivity contribution in [3.63, 3.8) is 0 Å². The summed E-state index contributed by atoms with van der Waals surface area (Å²) in [5.74, 6) is -0.379. The zero-order valence-corrected chi connectivity index (χ0v) is 11.1. The molecule has 21 heavy (non-hydrogen) atoms. The molecular formula is C15H12N2O4. The molecule has 1 aromatic carbocycles. The summed E-state index contributed by atoms with van der Waals surface area (Å²) in [7, 11) is 1.52. The molecule has 0 aliphatic rings. The molecule has 0 amide bonds. The van der Waals surface area contributed by atoms with Gasteiger partial charge >= 0.3 is 5.97 Å². The fourth-order valence-corrected chi connectivity index (χ4v) is 2.29. The summed E-state index contributed by atoms with van der Waals surface area (Å²) in [5, 5.41) is 19.3. The van der Waals surface area contributed by atoms with Gasteiger partial charge in [0.15, 0.2) is 17.4 Å². The molecule has 0 radical (unpaired) electrons. The molecule has 3 rings (SSSR count). The quantitative estimate of drug-likeness (QED) is 0.771. The van der Waals surface area contributed by atoms with Gasteiger partial charge < -0.3 is 14.9 Å². The van der Waals surface area contributed by atoms with Crippen molar-refractivity contribution in [2.45, 2.75) is 0 Å². The maximum absolute atomic E-state index is 11.3. The van der Waals surface area contributed by atoms with Gasteiger partial charge in [-0.25, -0.2) is 9.78 Å². The molecule has 0 saturated heterocycles. The Balaban J connectivity index is 2.40. The van der Waals surface area contributed by atoms with E-state index >= 15 is 0 Å². The van der Waals surface area contributed by atoms with Gasteiger partial charge in [-0.1, -0.05) is 18.2 Å². The van der Waals surface area contributed by atoms with Crippen LogP contribution in [-0.4, -0.2) is 32.7 Å². The number of hydrogen-bond donors (Lipinski definition) is 2. The Morgan fingerprint density at radius 2 is 1.95 bits per heavy atom. The van der Waals surface area contributed by atoms with Crippen molar-refractivity contribution >= 4 is 11.5 Å². The summed E-state index contributed by atoms with van der Waals surface area (Å²) in [6, 6.07) is 11.7. The molecule has 106 valence electrons. The number of carboxylic acid groups (broad SMARTS) is 1. The van der Waals surface area contributed by atoms with Crippen molar-refractivity contribution in [3.8, 4) is 23.0 Å². The average molecular weight is 284 g/mol. The summed E-state index contributed by atoms with van der Waals surface area (Å²) >= 11 is 0. The first kappa shape index (κ1) is 13.0. The van der Waals surface area contributed by atoms with Crippen molar-refractivity contribution < 1.29 is 19.7 Å². The van der Waals surface area contributed by atoms with E-state index in [0.29, 0.717) is 22.7 Å². The largest absolute Gasteiger partial charge is 0.496 e. The van der Waals surface area contributed by atoms with E-state index in [1.807, 2.05) is 0 Å². The van der Waals surface area contributed by atoms with Crippen LogP contribution in [-0.2, 0) is 0 Å². The minimum absolute atomic E-state index is 0.0894. The lowest BCUT2D eigenvalue weighted by Crippen LogP contribution is -1.97. The molecule has 0 bridgehead atoms. The topological polar surface area (TPSA) is 84.1 Å². The van der Waals surface area contributed by atoms with E-state index in [4.69, 9.17) is 4.74 Å². The first-order valence-electron chi connectivity index (χ1n) is 6.20. The van der Waals surface area contributed by atoms with Gasteiger partial charge in [-0.3, -0.25) is 4.40 Å². The summed E-state index contributed by atoms with van der Waals surface area (Å²) in [4.78, 5) is 15.5. The van der Waals surface area contributed by atoms with Gasteiger partial charge in [0.1, 0.15) is 5.75 Å². The Hall–Kier alpha value is -3.02. The molecule has 6 nitrogen and oxygen atoms in total. The van der Waals surface area contributed by atoms with Gasteiger partial charge in [0.25, 0.3) is 0 Å². The van der Waals surface area contributed by atoms with Gasteiger partial charge in [-0.2, -0.15) is 0 Å². The molecule has 0 fully saturated rings. The second kappa shape index (κ2) is 4.82. The summed E-state index contributed by atoms with van der Waals surface area (Å²) in [5.41, 5.74) is 0.805. The zero-order chi connectivity index (χ0) is 15.0. The SMILES string of the molecule is COc1ccccc1-c1nc(C(=O)O)c2cccc(O)n12. The third kappa shape index (κ3) is 1.97. The highest BCUT2D eigenvalue weighted by molar-refractivity contribution is 5.95. The van der Waals surface area contributed by atoms with Crippen molar-refractivity contribution in [2.75, 3.05) is 7.11 Å². The highest BCUT2D eigenvalue weighted by atomic mass is 16.5. The number of carbonyl (C=O) groups is 1. The normalized spacial score (nSPS) is 10.7. The first-order chi connectivity index (χ1) is 10.1. The third-order valence-electron chi connectivity index (χ3n) is 3.19. The third-order valence-corrected chi connectivity index (χ3v) is 3.19. The molecule has 3 aromatic rings. The number of carboxylic acids is 1. The number of pyridine rings is 1. The van der Waals surface area contributed by atoms with Gasteiger partial charge in [0.05, 0.1) is 18.2 Å². The zero-order valence-electron chi connectivity index (χ0n) is 11.1. The van der Waals surface area contributed by atoms with Crippen molar-refractivity contribution in [2.24, 2.45) is 0 Å². The second-order valence-corrected chi connectivity index (χ2v) is 4.39. The molecule has 0 unspecified atom stereocenters. The average Bonchev–Trinajstić information content (AvgIpc) is 2.88. The highest BCUT2D eigenvalue weighted by Gasteiger charge is 2.21. The van der Waals surface area contributed by atoms with Gasteiger partial charge in [-0.05, 0) is 24.3 Å². The number of aromatic carboxylic acids is 1. The van der Waals surface area contributed by atoms with Crippen LogP contribution >= 0.6 is 0 Å². The fraction of sp³-hybridized carbons (Fsp3) is 0.0667. The van der Waals surface area contributed by atoms with Gasteiger partial charge in [-0.15, -0.1) is 0 Å². The Kier molecular flexibility index (Phi) is 2.98. The molecule has 0 atom stereocenters. The number of aromatic hydroxyl groups is 1. The number of fused-ring (bicyclic) bond motifs is 1. The van der Waals surface area contributed by atoms with E-state index in [-0.39, 0.29) is 11.6 Å². The molecule has 0 aliphatic carbocycles. The fourth-order valence-electron chi connectivity index (χ4n) is 2.29. The van der Waals surface area contributed by atoms with E-state index in [2.05, 4.69) is 4.98 Å². The van der Waals surface area contributed by atoms with Crippen molar-refractivity contribution in [1.29, 1.82) is 0 Å². The molecule has 2 N–H and O–H groups in total. The van der Waals surface area contributed by atoms with E-state index in [1.54, 1.807) is 36.4 Å². The predicted molar refractivity (Wildman–Crippen MR) is 75.8 cm³/mol. The van der Waals surface area contributed by atoms with Crippen LogP contribution in [0.2, 0.25) is 0 Å². The monoisotopic (exact) mass is 284 g/mol. The standard InChI is InChI=1S/C15H12N2O4/c1-21-11-7-3-2-5-9(11)14-16-13(15(19)20)10-6-4-8-12(18)17(10)14/h2-8,18H,1H3,(H,19,20). The maximum Gasteiger partial charge on any atom is 0.356 e. The smallest absolute Gasteiger partial charge is 0.356 e. The first-order valence-corrected chi connectivity index (χ1v) is 6.20. The minimum atomic E-state index is -1.15. The molecule has 0 spiro atoms. The van der Waals surface area contributed by atoms with Crippen LogP contribution in [0.25, 0.3) is 16.9 Å². The molecular weight excluding hydrogens is 272 g/mol. The predicted octanol–water partition coefficient (Wildman–Crippen LogP) is 2.41. The van der Waals surface area contributed by atoms with E-state index in [1.165, 1.54) is 17.6 Å². The van der Waals surface area contributed by atoms with Gasteiger partial charge in [0, 0.05) is 0 Å². The number of imidazole rings is 1. The Bertz CT molecular complexity index is 839. The van der Waals surface area contributed by atoms with Crippen LogP contribution in [0.5, 0.6) is 11.6 Å². The summed E-state index contributed by atoms with van der Waals surface area (Å²) in [6.45, 7) is 0. The number of rotatable bonds is 3. The van der Waals surface area contributed by atoms with Crippen LogP contribution in [0.3, 0.4) is 0 Å². The Morgan fingerprint density at radius 1 is 1.19 bits per heavy atom. The molecule has 0 saturated carbocycles. The van der Waals surface area contributed by atoms with E-state index in [0.717, 1.165) is 0 Å². The number of benzene rings is 1. The number of para-hydroxylation sites is 1. The van der Waals surface area contributed by atoms with Crippen LogP contribution in [0, 0.1) is 0 Å². The molecule has 2 aromatic heterocycles. The van der Waals surface area contributed by atoms with Crippen LogP contribution in [0.4, 0.5) is 0 Å². The van der Waals surface area contributed by atoms with E-state index < -0.39 is 5.97 Å². The number of hydrogen-bond acceptors (Lipinski definition) is 4. The van der Waals surface area contributed by atoms with Crippen molar-refractivity contribution in [3.05, 3.63) is 48.2 Å². The lowest BCUT2D eigenvalue weighted by Gasteiger charge is -2.08. The Morgan fingerprint density at radius 3 is 2.67 bits per heavy atom. The van der Waals surface area contributed by atoms with Crippen LogP contribution in [0.1, 0.15) is 10.5 Å². The van der Waals surface area contributed by atoms with Crippen LogP contribution < -0.4 is 4.74 Å². The molecule has 6 heteroatoms. The highest BCUT2D eigenvalue weighted by Crippen LogP contribution is 2.32. The number of methoxy groups -OCH3 is 1. The minimum Gasteiger partial charge on any atom is -0.496 e. The number of ether oxygens (including phenoxy) is 1.